The monoisotopic (exact) mass is 298 g/mol. The molecular weight excluding hydrogens is 287 g/mol. The predicted molar refractivity (Wildman–Crippen MR) is 60.9 cm³/mol. The molecule has 0 saturated carbocycles. The maximum atomic E-state index is 12.1. The maximum absolute atomic E-state index is 12.1. The van der Waals surface area contributed by atoms with Crippen molar-refractivity contribution in [2.24, 2.45) is 0 Å². The van der Waals surface area contributed by atoms with E-state index in [0.29, 0.717) is 5.56 Å². The second-order valence-electron chi connectivity index (χ2n) is 3.78. The van der Waals surface area contributed by atoms with Gasteiger partial charge in [-0.2, -0.15) is 22.0 Å². The number of alkyl halides is 5. The van der Waals surface area contributed by atoms with Crippen LogP contribution in [-0.4, -0.2) is 25.4 Å². The van der Waals surface area contributed by atoms with Gasteiger partial charge in [0.2, 0.25) is 0 Å². The molecule has 0 unspecified atom stereocenters. The summed E-state index contributed by atoms with van der Waals surface area (Å²) < 4.78 is 64.0. The summed E-state index contributed by atoms with van der Waals surface area (Å²) in [5.41, 5.74) is 0.428. The highest BCUT2D eigenvalue weighted by Crippen LogP contribution is 2.24. The largest absolute Gasteiger partial charge is 0.434 e. The van der Waals surface area contributed by atoms with Crippen LogP contribution in [0.2, 0.25) is 0 Å². The van der Waals surface area contributed by atoms with Gasteiger partial charge in [-0.15, -0.1) is 0 Å². The Bertz CT molecular complexity index is 476. The maximum Gasteiger partial charge on any atom is 0.405 e. The number of anilines is 1. The summed E-state index contributed by atoms with van der Waals surface area (Å²) in [6, 6.07) is 2.72. The van der Waals surface area contributed by atoms with Crippen LogP contribution in [0.3, 0.4) is 0 Å². The van der Waals surface area contributed by atoms with Crippen LogP contribution in [0.25, 0.3) is 0 Å². The molecule has 0 spiro atoms. The van der Waals surface area contributed by atoms with Gasteiger partial charge in [0.15, 0.2) is 0 Å². The van der Waals surface area contributed by atoms with Crippen LogP contribution in [0.15, 0.2) is 18.2 Å². The molecule has 0 aromatic heterocycles. The Kier molecular flexibility index (Phi) is 5.12. The number of aryl methyl sites for hydroxylation is 1. The second-order valence-corrected chi connectivity index (χ2v) is 3.78. The lowest BCUT2D eigenvalue weighted by Gasteiger charge is -2.12. The van der Waals surface area contributed by atoms with Crippen molar-refractivity contribution in [3.8, 4) is 5.75 Å². The highest BCUT2D eigenvalue weighted by molar-refractivity contribution is 5.89. The minimum absolute atomic E-state index is 0.0333. The molecule has 0 aliphatic heterocycles. The summed E-state index contributed by atoms with van der Waals surface area (Å²) in [6.45, 7) is -3.03. The SMILES string of the molecule is Cc1ccc(NC(=O)NCC(F)(F)F)cc1OC(F)F. The highest BCUT2D eigenvalue weighted by Gasteiger charge is 2.27. The number of carbonyl (C=O) groups excluding carboxylic acids is 1. The Morgan fingerprint density at radius 3 is 2.55 bits per heavy atom. The third-order valence-corrected chi connectivity index (χ3v) is 2.11. The van der Waals surface area contributed by atoms with Gasteiger partial charge in [0.1, 0.15) is 12.3 Å². The first-order valence-electron chi connectivity index (χ1n) is 5.34. The van der Waals surface area contributed by atoms with Gasteiger partial charge in [0.25, 0.3) is 0 Å². The molecule has 0 atom stereocenters. The molecular formula is C11H11F5N2O2. The predicted octanol–water partition coefficient (Wildman–Crippen LogP) is 3.28. The van der Waals surface area contributed by atoms with Crippen molar-refractivity contribution in [1.82, 2.24) is 5.32 Å². The molecule has 1 aromatic rings. The number of halogens is 5. The minimum Gasteiger partial charge on any atom is -0.434 e. The van der Waals surface area contributed by atoms with E-state index in [0.717, 1.165) is 6.07 Å². The summed E-state index contributed by atoms with van der Waals surface area (Å²) in [7, 11) is 0. The number of amides is 2. The van der Waals surface area contributed by atoms with Crippen LogP contribution < -0.4 is 15.4 Å². The standard InChI is InChI=1S/C11H11F5N2O2/c1-6-2-3-7(4-8(6)20-9(12)13)18-10(19)17-5-11(14,15)16/h2-4,9H,5H2,1H3,(H2,17,18,19). The van der Waals surface area contributed by atoms with Crippen LogP contribution in [0.1, 0.15) is 5.56 Å². The molecule has 1 rings (SSSR count). The summed E-state index contributed by atoms with van der Waals surface area (Å²) in [6.07, 6.45) is -4.53. The number of hydrogen-bond acceptors (Lipinski definition) is 2. The van der Waals surface area contributed by atoms with Gasteiger partial charge >= 0.3 is 18.8 Å². The topological polar surface area (TPSA) is 50.4 Å². The van der Waals surface area contributed by atoms with E-state index >= 15 is 0 Å². The molecule has 0 saturated heterocycles. The van der Waals surface area contributed by atoms with E-state index in [1.54, 1.807) is 5.32 Å². The molecule has 0 bridgehead atoms. The Labute approximate surface area is 110 Å². The number of benzene rings is 1. The molecule has 2 amide bonds. The van der Waals surface area contributed by atoms with E-state index < -0.39 is 25.4 Å². The smallest absolute Gasteiger partial charge is 0.405 e. The number of nitrogens with one attached hydrogen (secondary N) is 2. The van der Waals surface area contributed by atoms with E-state index in [9.17, 15) is 26.7 Å². The molecule has 2 N–H and O–H groups in total. The van der Waals surface area contributed by atoms with Gasteiger partial charge in [0.05, 0.1) is 0 Å². The zero-order valence-electron chi connectivity index (χ0n) is 10.2. The van der Waals surface area contributed by atoms with Crippen molar-refractivity contribution in [2.75, 3.05) is 11.9 Å². The number of carbonyl (C=O) groups is 1. The first kappa shape index (κ1) is 16.0. The van der Waals surface area contributed by atoms with Crippen molar-refractivity contribution >= 4 is 11.7 Å². The molecule has 0 aliphatic carbocycles. The molecule has 1 aromatic carbocycles. The third kappa shape index (κ3) is 5.72. The summed E-state index contributed by atoms with van der Waals surface area (Å²) in [4.78, 5) is 11.2. The van der Waals surface area contributed by atoms with Gasteiger partial charge in [-0.05, 0) is 18.6 Å². The molecule has 0 fully saturated rings. The lowest BCUT2D eigenvalue weighted by atomic mass is 10.2. The second kappa shape index (κ2) is 6.40. The van der Waals surface area contributed by atoms with Crippen molar-refractivity contribution in [3.63, 3.8) is 0 Å². The average molecular weight is 298 g/mol. The molecule has 0 heterocycles. The van der Waals surface area contributed by atoms with Gasteiger partial charge in [-0.25, -0.2) is 4.79 Å². The van der Waals surface area contributed by atoms with Crippen LogP contribution >= 0.6 is 0 Å². The lowest BCUT2D eigenvalue weighted by molar-refractivity contribution is -0.122. The summed E-state index contributed by atoms with van der Waals surface area (Å²) >= 11 is 0. The van der Waals surface area contributed by atoms with Crippen LogP contribution in [0.5, 0.6) is 5.75 Å². The van der Waals surface area contributed by atoms with E-state index in [1.807, 2.05) is 0 Å². The average Bonchev–Trinajstić information content (AvgIpc) is 2.29. The van der Waals surface area contributed by atoms with Crippen molar-refractivity contribution in [3.05, 3.63) is 23.8 Å². The summed E-state index contributed by atoms with van der Waals surface area (Å²) in [5.74, 6) is -0.173. The fraction of sp³-hybridized carbons (Fsp3) is 0.364. The third-order valence-electron chi connectivity index (χ3n) is 2.11. The number of hydrogen-bond donors (Lipinski definition) is 2. The molecule has 9 heteroatoms. The Hall–Kier alpha value is -2.06. The van der Waals surface area contributed by atoms with Crippen LogP contribution in [0, 0.1) is 6.92 Å². The fourth-order valence-electron chi connectivity index (χ4n) is 1.26. The van der Waals surface area contributed by atoms with Gasteiger partial charge in [0, 0.05) is 11.8 Å². The zero-order valence-corrected chi connectivity index (χ0v) is 10.2. The molecule has 20 heavy (non-hydrogen) atoms. The van der Waals surface area contributed by atoms with Crippen molar-refractivity contribution < 1.29 is 31.5 Å². The normalized spacial score (nSPS) is 11.3. The minimum atomic E-state index is -4.53. The lowest BCUT2D eigenvalue weighted by Crippen LogP contribution is -2.36. The van der Waals surface area contributed by atoms with Crippen molar-refractivity contribution in [2.45, 2.75) is 19.7 Å². The highest BCUT2D eigenvalue weighted by atomic mass is 19.4. The van der Waals surface area contributed by atoms with Crippen LogP contribution in [-0.2, 0) is 0 Å². The van der Waals surface area contributed by atoms with Crippen molar-refractivity contribution in [1.29, 1.82) is 0 Å². The first-order chi connectivity index (χ1) is 9.17. The number of ether oxygens (including phenoxy) is 1. The van der Waals surface area contributed by atoms with E-state index in [2.05, 4.69) is 10.1 Å². The molecule has 0 radical (unpaired) electrons. The van der Waals surface area contributed by atoms with Gasteiger partial charge in [-0.3, -0.25) is 0 Å². The molecule has 4 nitrogen and oxygen atoms in total. The Balaban J connectivity index is 2.66. The number of urea groups is 1. The van der Waals surface area contributed by atoms with Gasteiger partial charge in [-0.1, -0.05) is 6.07 Å². The van der Waals surface area contributed by atoms with Crippen LogP contribution in [0.4, 0.5) is 32.4 Å². The van der Waals surface area contributed by atoms with E-state index in [1.165, 1.54) is 19.1 Å². The Morgan fingerprint density at radius 1 is 1.35 bits per heavy atom. The quantitative estimate of drug-likeness (QED) is 0.838. The van der Waals surface area contributed by atoms with Gasteiger partial charge < -0.3 is 15.4 Å². The molecule has 0 aliphatic rings. The first-order valence-corrected chi connectivity index (χ1v) is 5.34. The number of rotatable bonds is 4. The van der Waals surface area contributed by atoms with E-state index in [4.69, 9.17) is 0 Å². The van der Waals surface area contributed by atoms with E-state index in [-0.39, 0.29) is 11.4 Å². The fourth-order valence-corrected chi connectivity index (χ4v) is 1.26. The zero-order chi connectivity index (χ0) is 15.3. The Morgan fingerprint density at radius 2 is 2.00 bits per heavy atom. The summed E-state index contributed by atoms with van der Waals surface area (Å²) in [5, 5.41) is 3.66. The molecule has 112 valence electrons.